The van der Waals surface area contributed by atoms with E-state index in [1.54, 1.807) is 0 Å². The monoisotopic (exact) mass is 123 g/mol. The summed E-state index contributed by atoms with van der Waals surface area (Å²) in [6, 6.07) is 0. The summed E-state index contributed by atoms with van der Waals surface area (Å²) in [4.78, 5) is 2.43. The maximum Gasteiger partial charge on any atom is 0.246 e. The third-order valence-electron chi connectivity index (χ3n) is 0.422. The number of nitrogens with zero attached hydrogens (tertiary/aromatic N) is 1. The minimum absolute atomic E-state index is 1.26. The lowest BCUT2D eigenvalue weighted by Gasteiger charge is -1.83. The second-order valence-corrected chi connectivity index (χ2v) is 0.973. The number of allylic oxidation sites excluding steroid dienone is 1. The van der Waals surface area contributed by atoms with Crippen molar-refractivity contribution >= 4 is 5.97 Å². The van der Waals surface area contributed by atoms with Crippen LogP contribution in [0, 0.1) is 0 Å². The highest BCUT2D eigenvalue weighted by Gasteiger charge is 1.97. The van der Waals surface area contributed by atoms with Gasteiger partial charge < -0.3 is 0 Å². The Labute approximate surface area is 44.5 Å². The zero-order valence-electron chi connectivity index (χ0n) is 4.00. The molecule has 0 N–H and O–H groups in total. The molecule has 0 rings (SSSR count). The van der Waals surface area contributed by atoms with E-state index >= 15 is 0 Å². The maximum atomic E-state index is 11.6. The van der Waals surface area contributed by atoms with Gasteiger partial charge in [0.1, 0.15) is 0 Å². The van der Waals surface area contributed by atoms with Crippen LogP contribution in [0.3, 0.4) is 0 Å². The van der Waals surface area contributed by atoms with Crippen molar-refractivity contribution in [2.24, 2.45) is 4.99 Å². The van der Waals surface area contributed by atoms with Crippen LogP contribution in [0.15, 0.2) is 17.4 Å². The van der Waals surface area contributed by atoms with E-state index in [2.05, 4.69) is 11.6 Å². The molecule has 0 atom stereocenters. The Bertz CT molecular complexity index is 118. The van der Waals surface area contributed by atoms with Gasteiger partial charge >= 0.3 is 0 Å². The Balaban J connectivity index is 3.80. The zero-order valence-corrected chi connectivity index (χ0v) is 4.00. The number of hydrogen-bond donors (Lipinski definition) is 0. The van der Waals surface area contributed by atoms with Gasteiger partial charge in [-0.05, 0) is 0 Å². The lowest BCUT2D eigenvalue weighted by atomic mass is 10.6. The van der Waals surface area contributed by atoms with Crippen molar-refractivity contribution in [1.29, 1.82) is 0 Å². The van der Waals surface area contributed by atoms with Crippen molar-refractivity contribution < 1.29 is 13.2 Å². The molecule has 0 aliphatic rings. The van der Waals surface area contributed by atoms with Gasteiger partial charge in [0.15, 0.2) is 12.6 Å². The van der Waals surface area contributed by atoms with E-state index < -0.39 is 18.6 Å². The molecular formula is C4H4F3N. The molecule has 0 aromatic rings. The average Bonchev–Trinajstić information content (AvgIpc) is 1.67. The third-order valence-corrected chi connectivity index (χ3v) is 0.422. The molecule has 0 aliphatic carbocycles. The van der Waals surface area contributed by atoms with E-state index in [1.165, 1.54) is 0 Å². The molecule has 0 amide bonds. The topological polar surface area (TPSA) is 12.4 Å². The first-order valence-corrected chi connectivity index (χ1v) is 1.79. The fraction of sp³-hybridized carbons (Fsp3) is 0.250. The first kappa shape index (κ1) is 7.20. The molecular weight excluding hydrogens is 119 g/mol. The van der Waals surface area contributed by atoms with Crippen molar-refractivity contribution in [1.82, 2.24) is 0 Å². The summed E-state index contributed by atoms with van der Waals surface area (Å²) in [7, 11) is 0. The lowest BCUT2D eigenvalue weighted by Crippen LogP contribution is -1.87. The van der Waals surface area contributed by atoms with Gasteiger partial charge in [0.25, 0.3) is 0 Å². The molecule has 0 bridgehead atoms. The molecule has 0 saturated carbocycles. The van der Waals surface area contributed by atoms with E-state index in [0.717, 1.165) is 0 Å². The van der Waals surface area contributed by atoms with Gasteiger partial charge in [0, 0.05) is 0 Å². The summed E-state index contributed by atoms with van der Waals surface area (Å²) in [6.45, 7) is 1.28. The highest BCUT2D eigenvalue weighted by Crippen LogP contribution is 1.96. The van der Waals surface area contributed by atoms with E-state index in [9.17, 15) is 13.2 Å². The van der Waals surface area contributed by atoms with Crippen LogP contribution in [0.2, 0.25) is 0 Å². The molecule has 46 valence electrons. The predicted octanol–water partition coefficient (Wildman–Crippen LogP) is 1.76. The van der Waals surface area contributed by atoms with E-state index in [4.69, 9.17) is 0 Å². The maximum absolute atomic E-state index is 11.6. The average molecular weight is 123 g/mol. The molecule has 8 heavy (non-hydrogen) atoms. The Kier molecular flexibility index (Phi) is 2.91. The Hall–Kier alpha value is -0.800. The molecule has 0 spiro atoms. The van der Waals surface area contributed by atoms with E-state index in [-0.39, 0.29) is 0 Å². The van der Waals surface area contributed by atoms with Crippen LogP contribution >= 0.6 is 0 Å². The highest BCUT2D eigenvalue weighted by atomic mass is 19.2. The number of rotatable bonds is 2. The van der Waals surface area contributed by atoms with Gasteiger partial charge in [0.05, 0.1) is 0 Å². The molecule has 0 unspecified atom stereocenters. The van der Waals surface area contributed by atoms with Crippen LogP contribution in [0.25, 0.3) is 0 Å². The summed E-state index contributed by atoms with van der Waals surface area (Å²) in [5.74, 6) is -2.82. The van der Waals surface area contributed by atoms with Crippen LogP contribution in [0.1, 0.15) is 0 Å². The summed E-state index contributed by atoms with van der Waals surface area (Å²) in [5.41, 5.74) is 0. The molecule has 0 saturated heterocycles. The smallest absolute Gasteiger partial charge is 0.225 e. The molecule has 0 aliphatic heterocycles. The normalized spacial score (nSPS) is 11.6. The van der Waals surface area contributed by atoms with Crippen molar-refractivity contribution in [3.63, 3.8) is 0 Å². The molecule has 0 aromatic carbocycles. The van der Waals surface area contributed by atoms with Gasteiger partial charge in [0.2, 0.25) is 5.97 Å². The lowest BCUT2D eigenvalue weighted by molar-refractivity contribution is 0.504. The molecule has 0 heterocycles. The van der Waals surface area contributed by atoms with Crippen molar-refractivity contribution in [2.75, 3.05) is 6.80 Å². The highest BCUT2D eigenvalue weighted by molar-refractivity contribution is 5.89. The Morgan fingerprint density at radius 2 is 2.00 bits per heavy atom. The number of halogens is 3. The predicted molar refractivity (Wildman–Crippen MR) is 24.8 cm³/mol. The molecule has 4 heteroatoms. The van der Waals surface area contributed by atoms with E-state index in [0.29, 0.717) is 0 Å². The molecule has 0 aromatic heterocycles. The number of alkyl halides is 1. The van der Waals surface area contributed by atoms with Crippen LogP contribution in [-0.4, -0.2) is 12.8 Å². The van der Waals surface area contributed by atoms with Gasteiger partial charge in [-0.15, -0.1) is 0 Å². The van der Waals surface area contributed by atoms with Crippen LogP contribution in [-0.2, 0) is 0 Å². The quantitative estimate of drug-likeness (QED) is 0.392. The van der Waals surface area contributed by atoms with Crippen molar-refractivity contribution in [3.05, 3.63) is 12.4 Å². The Morgan fingerprint density at radius 1 is 1.50 bits per heavy atom. The van der Waals surface area contributed by atoms with Crippen LogP contribution in [0.4, 0.5) is 13.2 Å². The minimum atomic E-state index is -1.48. The fourth-order valence-electron chi connectivity index (χ4n) is 0.138. The standard InChI is InChI=1S/C4H4F3N/c1-3(6)4(7)8-2-5/h1-2H2/b8-4+. The largest absolute Gasteiger partial charge is 0.246 e. The SMILES string of the molecule is C=C(F)/C(F)=N\CF. The van der Waals surface area contributed by atoms with Crippen LogP contribution < -0.4 is 0 Å². The van der Waals surface area contributed by atoms with Gasteiger partial charge in [-0.1, -0.05) is 6.58 Å². The summed E-state index contributed by atoms with van der Waals surface area (Å²) >= 11 is 0. The fourth-order valence-corrected chi connectivity index (χ4v) is 0.138. The Morgan fingerprint density at radius 3 is 2.12 bits per heavy atom. The number of aliphatic imine (C=N–C) groups is 1. The third kappa shape index (κ3) is 2.39. The number of hydrogen-bond acceptors (Lipinski definition) is 1. The second kappa shape index (κ2) is 3.23. The van der Waals surface area contributed by atoms with Gasteiger partial charge in [-0.25, -0.2) is 13.8 Å². The summed E-state index contributed by atoms with van der Waals surface area (Å²) in [5, 5.41) is 0. The molecule has 1 nitrogen and oxygen atoms in total. The van der Waals surface area contributed by atoms with E-state index in [1.807, 2.05) is 0 Å². The van der Waals surface area contributed by atoms with Gasteiger partial charge in [-0.3, -0.25) is 0 Å². The molecule has 0 fully saturated rings. The first-order valence-electron chi connectivity index (χ1n) is 1.79. The van der Waals surface area contributed by atoms with Crippen molar-refractivity contribution in [2.45, 2.75) is 0 Å². The molecule has 0 radical (unpaired) electrons. The summed E-state index contributed by atoms with van der Waals surface area (Å²) < 4.78 is 33.9. The second-order valence-electron chi connectivity index (χ2n) is 0.973. The zero-order chi connectivity index (χ0) is 6.57. The minimum Gasteiger partial charge on any atom is -0.225 e. The van der Waals surface area contributed by atoms with Gasteiger partial charge in [-0.2, -0.15) is 4.39 Å². The van der Waals surface area contributed by atoms with Crippen LogP contribution in [0.5, 0.6) is 0 Å². The first-order chi connectivity index (χ1) is 3.68. The summed E-state index contributed by atoms with van der Waals surface area (Å²) in [6.07, 6.45) is 0. The van der Waals surface area contributed by atoms with Crippen molar-refractivity contribution in [3.8, 4) is 0 Å².